The van der Waals surface area contributed by atoms with Crippen LogP contribution in [-0.4, -0.2) is 0 Å². The number of aryl methyl sites for hydroxylation is 1. The summed E-state index contributed by atoms with van der Waals surface area (Å²) in [6.45, 7) is 0. The monoisotopic (exact) mass is 143 g/mol. The molecule has 0 fully saturated rings. The number of hydrogen-bond acceptors (Lipinski definition) is 0. The fourth-order valence-corrected chi connectivity index (χ4v) is 1.47. The summed E-state index contributed by atoms with van der Waals surface area (Å²) in [5.74, 6) is 0. The standard InChI is InChI=1S/C11H11/c1-2-6-10-8-4-5-9-11(10)7-3-1/h4-5,7-9H,1-2,6H2. The van der Waals surface area contributed by atoms with Crippen molar-refractivity contribution in [1.82, 2.24) is 0 Å². The first-order valence-corrected chi connectivity index (χ1v) is 4.11. The summed E-state index contributed by atoms with van der Waals surface area (Å²) < 4.78 is 0. The number of rotatable bonds is 0. The van der Waals surface area contributed by atoms with E-state index in [1.54, 1.807) is 0 Å². The predicted molar refractivity (Wildman–Crippen MR) is 47.1 cm³/mol. The molecule has 55 valence electrons. The third kappa shape index (κ3) is 1.35. The molecule has 0 bridgehead atoms. The minimum Gasteiger partial charge on any atom is -0.0620 e. The normalized spacial score (nSPS) is 15.6. The van der Waals surface area contributed by atoms with E-state index in [-0.39, 0.29) is 0 Å². The van der Waals surface area contributed by atoms with Gasteiger partial charge in [0.2, 0.25) is 0 Å². The van der Waals surface area contributed by atoms with E-state index < -0.39 is 0 Å². The number of fused-ring (bicyclic) bond motifs is 1. The van der Waals surface area contributed by atoms with E-state index in [1.807, 2.05) is 0 Å². The lowest BCUT2D eigenvalue weighted by Gasteiger charge is -2.00. The molecule has 0 aliphatic heterocycles. The molecule has 1 aliphatic rings. The van der Waals surface area contributed by atoms with Gasteiger partial charge in [-0.15, -0.1) is 0 Å². The highest BCUT2D eigenvalue weighted by Crippen LogP contribution is 2.17. The van der Waals surface area contributed by atoms with Crippen LogP contribution in [0, 0.1) is 6.08 Å². The Balaban J connectivity index is 2.45. The van der Waals surface area contributed by atoms with Gasteiger partial charge in [0.05, 0.1) is 0 Å². The van der Waals surface area contributed by atoms with Crippen molar-refractivity contribution in [3.05, 3.63) is 41.5 Å². The number of hydrogen-bond donors (Lipinski definition) is 0. The Bertz CT molecular complexity index is 271. The highest BCUT2D eigenvalue weighted by atomic mass is 14.1. The molecule has 11 heavy (non-hydrogen) atoms. The first kappa shape index (κ1) is 6.66. The van der Waals surface area contributed by atoms with Crippen molar-refractivity contribution in [2.24, 2.45) is 0 Å². The Kier molecular flexibility index (Phi) is 1.76. The minimum atomic E-state index is 1.11. The van der Waals surface area contributed by atoms with E-state index in [9.17, 15) is 0 Å². The van der Waals surface area contributed by atoms with Gasteiger partial charge in [0, 0.05) is 0 Å². The largest absolute Gasteiger partial charge is 0.0620 e. The number of allylic oxidation sites excluding steroid dienone is 1. The molecule has 0 unspecified atom stereocenters. The van der Waals surface area contributed by atoms with Gasteiger partial charge in [0.15, 0.2) is 0 Å². The molecule has 0 spiro atoms. The van der Waals surface area contributed by atoms with Gasteiger partial charge >= 0.3 is 0 Å². The molecular formula is C11H11. The van der Waals surface area contributed by atoms with Gasteiger partial charge in [-0.05, 0) is 36.5 Å². The molecule has 1 aromatic carbocycles. The first-order chi connectivity index (χ1) is 5.47. The lowest BCUT2D eigenvalue weighted by atomic mass is 10.1. The van der Waals surface area contributed by atoms with E-state index in [1.165, 1.54) is 24.0 Å². The van der Waals surface area contributed by atoms with Crippen LogP contribution in [0.15, 0.2) is 24.3 Å². The molecule has 1 aromatic rings. The average molecular weight is 143 g/mol. The van der Waals surface area contributed by atoms with Gasteiger partial charge in [0.1, 0.15) is 0 Å². The molecule has 0 saturated carbocycles. The Morgan fingerprint density at radius 3 is 3.09 bits per heavy atom. The van der Waals surface area contributed by atoms with E-state index in [0.717, 1.165) is 6.42 Å². The van der Waals surface area contributed by atoms with Gasteiger partial charge in [0.25, 0.3) is 0 Å². The maximum absolute atomic E-state index is 3.28. The molecule has 0 amide bonds. The molecule has 1 aliphatic carbocycles. The SMILES string of the molecule is [C]1=Cc2ccccc2CCC1. The van der Waals surface area contributed by atoms with E-state index >= 15 is 0 Å². The molecule has 0 nitrogen and oxygen atoms in total. The zero-order valence-corrected chi connectivity index (χ0v) is 6.51. The summed E-state index contributed by atoms with van der Waals surface area (Å²) in [6.07, 6.45) is 8.95. The smallest absolute Gasteiger partial charge is 0.0222 e. The fourth-order valence-electron chi connectivity index (χ4n) is 1.47. The van der Waals surface area contributed by atoms with Crippen LogP contribution >= 0.6 is 0 Å². The summed E-state index contributed by atoms with van der Waals surface area (Å²) in [6, 6.07) is 8.56. The molecule has 0 atom stereocenters. The molecule has 1 radical (unpaired) electrons. The number of benzene rings is 1. The van der Waals surface area contributed by atoms with Crippen LogP contribution in [0.25, 0.3) is 6.08 Å². The lowest BCUT2D eigenvalue weighted by molar-refractivity contribution is 0.841. The van der Waals surface area contributed by atoms with Crippen LogP contribution < -0.4 is 0 Å². The van der Waals surface area contributed by atoms with Gasteiger partial charge in [-0.2, -0.15) is 0 Å². The van der Waals surface area contributed by atoms with Crippen LogP contribution in [0.4, 0.5) is 0 Å². The highest BCUT2D eigenvalue weighted by molar-refractivity contribution is 5.52. The van der Waals surface area contributed by atoms with Crippen molar-refractivity contribution in [3.8, 4) is 0 Å². The van der Waals surface area contributed by atoms with Crippen molar-refractivity contribution in [2.75, 3.05) is 0 Å². The van der Waals surface area contributed by atoms with Crippen LogP contribution in [0.5, 0.6) is 0 Å². The molecule has 0 heteroatoms. The van der Waals surface area contributed by atoms with Crippen molar-refractivity contribution >= 4 is 6.08 Å². The predicted octanol–water partition coefficient (Wildman–Crippen LogP) is 2.84. The van der Waals surface area contributed by atoms with Gasteiger partial charge in [-0.25, -0.2) is 0 Å². The lowest BCUT2D eigenvalue weighted by Crippen LogP contribution is -1.85. The zero-order chi connectivity index (χ0) is 7.52. The quantitative estimate of drug-likeness (QED) is 0.524. The Morgan fingerprint density at radius 1 is 1.18 bits per heavy atom. The Hall–Kier alpha value is -1.04. The van der Waals surface area contributed by atoms with Crippen molar-refractivity contribution in [2.45, 2.75) is 19.3 Å². The van der Waals surface area contributed by atoms with Crippen molar-refractivity contribution in [1.29, 1.82) is 0 Å². The Morgan fingerprint density at radius 2 is 2.09 bits per heavy atom. The third-order valence-electron chi connectivity index (χ3n) is 2.08. The summed E-state index contributed by atoms with van der Waals surface area (Å²) >= 11 is 0. The van der Waals surface area contributed by atoms with Gasteiger partial charge in [-0.3, -0.25) is 0 Å². The summed E-state index contributed by atoms with van der Waals surface area (Å²) in [4.78, 5) is 0. The van der Waals surface area contributed by atoms with Crippen molar-refractivity contribution in [3.63, 3.8) is 0 Å². The molecule has 0 saturated heterocycles. The van der Waals surface area contributed by atoms with E-state index in [4.69, 9.17) is 0 Å². The highest BCUT2D eigenvalue weighted by Gasteiger charge is 2.00. The third-order valence-corrected chi connectivity index (χ3v) is 2.08. The van der Waals surface area contributed by atoms with Gasteiger partial charge in [-0.1, -0.05) is 30.3 Å². The molecule has 2 rings (SSSR count). The van der Waals surface area contributed by atoms with Crippen molar-refractivity contribution < 1.29 is 0 Å². The van der Waals surface area contributed by atoms with Crippen LogP contribution in [0.1, 0.15) is 24.0 Å². The molecule has 0 aromatic heterocycles. The fraction of sp³-hybridized carbons (Fsp3) is 0.273. The topological polar surface area (TPSA) is 0 Å². The summed E-state index contributed by atoms with van der Waals surface area (Å²) in [5, 5.41) is 0. The maximum atomic E-state index is 3.28. The average Bonchev–Trinajstić information content (AvgIpc) is 2.28. The van der Waals surface area contributed by atoms with Crippen LogP contribution in [0.3, 0.4) is 0 Å². The summed E-state index contributed by atoms with van der Waals surface area (Å²) in [5.41, 5.74) is 2.82. The second kappa shape index (κ2) is 2.91. The van der Waals surface area contributed by atoms with Crippen LogP contribution in [0.2, 0.25) is 0 Å². The molecule has 0 heterocycles. The van der Waals surface area contributed by atoms with Gasteiger partial charge < -0.3 is 0 Å². The minimum absolute atomic E-state index is 1.11. The first-order valence-electron chi connectivity index (χ1n) is 4.11. The second-order valence-corrected chi connectivity index (χ2v) is 2.90. The Labute approximate surface area is 67.6 Å². The molecule has 0 N–H and O–H groups in total. The summed E-state index contributed by atoms with van der Waals surface area (Å²) in [7, 11) is 0. The van der Waals surface area contributed by atoms with E-state index in [2.05, 4.69) is 36.4 Å². The molecular weight excluding hydrogens is 132 g/mol. The van der Waals surface area contributed by atoms with Crippen LogP contribution in [-0.2, 0) is 6.42 Å². The van der Waals surface area contributed by atoms with E-state index in [0.29, 0.717) is 0 Å². The maximum Gasteiger partial charge on any atom is -0.0222 e. The zero-order valence-electron chi connectivity index (χ0n) is 6.51. The second-order valence-electron chi connectivity index (χ2n) is 2.90.